The lowest BCUT2D eigenvalue weighted by Gasteiger charge is -2.38. The van der Waals surface area contributed by atoms with E-state index in [0.717, 1.165) is 13.1 Å². The Hall–Kier alpha value is -1.15. The molecule has 1 aromatic rings. The molecule has 3 rings (SSSR count). The van der Waals surface area contributed by atoms with E-state index in [1.807, 2.05) is 0 Å². The van der Waals surface area contributed by atoms with Crippen molar-refractivity contribution in [2.24, 2.45) is 11.8 Å². The number of likely N-dealkylation sites (tertiary alicyclic amines) is 1. The monoisotopic (exact) mass is 413 g/mol. The normalized spacial score (nSPS) is 25.5. The van der Waals surface area contributed by atoms with Crippen LogP contribution < -0.4 is 0 Å². The maximum absolute atomic E-state index is 12.8. The molecule has 2 aliphatic rings. The van der Waals surface area contributed by atoms with E-state index in [0.29, 0.717) is 44.6 Å². The molecule has 1 amide bonds. The third-order valence-corrected chi connectivity index (χ3v) is 7.75. The highest BCUT2D eigenvalue weighted by Gasteiger charge is 2.32. The fourth-order valence-corrected chi connectivity index (χ4v) is 6.10. The molecule has 0 unspecified atom stereocenters. The minimum absolute atomic E-state index is 0.0890. The summed E-state index contributed by atoms with van der Waals surface area (Å²) >= 11 is 6.06. The molecule has 0 aromatic heterocycles. The van der Waals surface area contributed by atoms with E-state index < -0.39 is 10.0 Å². The fourth-order valence-electron chi connectivity index (χ4n) is 4.18. The van der Waals surface area contributed by atoms with Gasteiger partial charge in [-0.2, -0.15) is 4.31 Å². The van der Waals surface area contributed by atoms with E-state index >= 15 is 0 Å². The first-order valence-corrected chi connectivity index (χ1v) is 11.3. The molecule has 2 saturated heterocycles. The number of rotatable bonds is 4. The standard InChI is InChI=1S/C19H28ClN3O3S/c1-15-11-16(2)13-21(12-15)14-19(24)22-7-9-23(10-8-22)27(25,26)18-6-4-3-5-17(18)20/h3-6,15-16H,7-14H2,1-2H3/t15-,16-/m1/s1. The van der Waals surface area contributed by atoms with Gasteiger partial charge in [0.05, 0.1) is 11.6 Å². The van der Waals surface area contributed by atoms with E-state index in [2.05, 4.69) is 18.7 Å². The quantitative estimate of drug-likeness (QED) is 0.758. The Labute approximate surface area is 167 Å². The SMILES string of the molecule is C[C@@H]1C[C@@H](C)CN(CC(=O)N2CCN(S(=O)(=O)c3ccccc3Cl)CC2)C1. The number of hydrogen-bond acceptors (Lipinski definition) is 4. The Kier molecular flexibility index (Phi) is 6.46. The molecule has 0 aliphatic carbocycles. The summed E-state index contributed by atoms with van der Waals surface area (Å²) in [4.78, 5) is 16.8. The second-order valence-electron chi connectivity index (χ2n) is 7.86. The van der Waals surface area contributed by atoms with Crippen molar-refractivity contribution in [3.63, 3.8) is 0 Å². The lowest BCUT2D eigenvalue weighted by Crippen LogP contribution is -2.53. The second kappa shape index (κ2) is 8.47. The van der Waals surface area contributed by atoms with E-state index in [1.165, 1.54) is 16.8 Å². The van der Waals surface area contributed by atoms with Crippen molar-refractivity contribution in [3.05, 3.63) is 29.3 Å². The van der Waals surface area contributed by atoms with Gasteiger partial charge in [0.25, 0.3) is 0 Å². The Balaban J connectivity index is 1.57. The number of halogens is 1. The van der Waals surface area contributed by atoms with Gasteiger partial charge in [0, 0.05) is 39.3 Å². The van der Waals surface area contributed by atoms with Crippen LogP contribution in [-0.2, 0) is 14.8 Å². The highest BCUT2D eigenvalue weighted by atomic mass is 35.5. The fraction of sp³-hybridized carbons (Fsp3) is 0.632. The molecule has 2 atom stereocenters. The summed E-state index contributed by atoms with van der Waals surface area (Å²) in [5.41, 5.74) is 0. The zero-order valence-corrected chi connectivity index (χ0v) is 17.5. The first-order valence-electron chi connectivity index (χ1n) is 9.52. The Morgan fingerprint density at radius 3 is 2.26 bits per heavy atom. The lowest BCUT2D eigenvalue weighted by atomic mass is 9.92. The van der Waals surface area contributed by atoms with Crippen LogP contribution in [0.5, 0.6) is 0 Å². The summed E-state index contributed by atoms with van der Waals surface area (Å²) < 4.78 is 27.0. The number of carbonyl (C=O) groups is 1. The van der Waals surface area contributed by atoms with Crippen LogP contribution in [0.15, 0.2) is 29.2 Å². The average molecular weight is 414 g/mol. The van der Waals surface area contributed by atoms with Gasteiger partial charge in [0.15, 0.2) is 0 Å². The van der Waals surface area contributed by atoms with Crippen LogP contribution in [0.1, 0.15) is 20.3 Å². The molecule has 27 heavy (non-hydrogen) atoms. The summed E-state index contributed by atoms with van der Waals surface area (Å²) in [6, 6.07) is 6.47. The number of amides is 1. The number of piperazine rings is 1. The van der Waals surface area contributed by atoms with E-state index in [1.54, 1.807) is 23.1 Å². The van der Waals surface area contributed by atoms with Crippen LogP contribution in [0, 0.1) is 11.8 Å². The molecular formula is C19H28ClN3O3S. The molecule has 0 N–H and O–H groups in total. The van der Waals surface area contributed by atoms with Gasteiger partial charge >= 0.3 is 0 Å². The third kappa shape index (κ3) is 4.83. The molecule has 0 spiro atoms. The van der Waals surface area contributed by atoms with Crippen LogP contribution in [0.2, 0.25) is 5.02 Å². The summed E-state index contributed by atoms with van der Waals surface area (Å²) in [5, 5.41) is 0.226. The summed E-state index contributed by atoms with van der Waals surface area (Å²) in [6.07, 6.45) is 1.21. The molecule has 0 bridgehead atoms. The second-order valence-corrected chi connectivity index (χ2v) is 10.2. The topological polar surface area (TPSA) is 60.9 Å². The van der Waals surface area contributed by atoms with Crippen molar-refractivity contribution in [1.82, 2.24) is 14.1 Å². The van der Waals surface area contributed by atoms with Crippen LogP contribution >= 0.6 is 11.6 Å². The van der Waals surface area contributed by atoms with Crippen molar-refractivity contribution >= 4 is 27.5 Å². The van der Waals surface area contributed by atoms with Gasteiger partial charge < -0.3 is 4.90 Å². The molecular weight excluding hydrogens is 386 g/mol. The predicted molar refractivity (Wildman–Crippen MR) is 106 cm³/mol. The van der Waals surface area contributed by atoms with E-state index in [-0.39, 0.29) is 15.8 Å². The molecule has 1 aromatic carbocycles. The maximum atomic E-state index is 12.8. The van der Waals surface area contributed by atoms with E-state index in [4.69, 9.17) is 11.6 Å². The van der Waals surface area contributed by atoms with Crippen LogP contribution in [-0.4, -0.2) is 74.2 Å². The van der Waals surface area contributed by atoms with Crippen molar-refractivity contribution in [2.45, 2.75) is 25.2 Å². The molecule has 2 heterocycles. The number of carbonyl (C=O) groups excluding carboxylic acids is 1. The van der Waals surface area contributed by atoms with Gasteiger partial charge in [-0.15, -0.1) is 0 Å². The number of benzene rings is 1. The Morgan fingerprint density at radius 2 is 1.67 bits per heavy atom. The third-order valence-electron chi connectivity index (χ3n) is 5.35. The highest BCUT2D eigenvalue weighted by Crippen LogP contribution is 2.25. The van der Waals surface area contributed by atoms with Gasteiger partial charge in [-0.25, -0.2) is 8.42 Å². The molecule has 8 heteroatoms. The number of hydrogen-bond donors (Lipinski definition) is 0. The number of sulfonamides is 1. The van der Waals surface area contributed by atoms with Crippen LogP contribution in [0.4, 0.5) is 0 Å². The predicted octanol–water partition coefficient (Wildman–Crippen LogP) is 2.15. The summed E-state index contributed by atoms with van der Waals surface area (Å²) in [6.45, 7) is 8.22. The first kappa shape index (κ1) is 20.6. The van der Waals surface area contributed by atoms with Crippen molar-refractivity contribution in [1.29, 1.82) is 0 Å². The van der Waals surface area contributed by atoms with E-state index in [9.17, 15) is 13.2 Å². The minimum Gasteiger partial charge on any atom is -0.339 e. The van der Waals surface area contributed by atoms with Crippen molar-refractivity contribution < 1.29 is 13.2 Å². The highest BCUT2D eigenvalue weighted by molar-refractivity contribution is 7.89. The summed E-state index contributed by atoms with van der Waals surface area (Å²) in [7, 11) is -3.63. The molecule has 2 fully saturated rings. The van der Waals surface area contributed by atoms with Gasteiger partial charge in [-0.3, -0.25) is 9.69 Å². The maximum Gasteiger partial charge on any atom is 0.244 e. The number of nitrogens with zero attached hydrogens (tertiary/aromatic N) is 3. The van der Waals surface area contributed by atoms with Gasteiger partial charge in [-0.1, -0.05) is 37.6 Å². The Bertz CT molecular complexity index is 768. The molecule has 6 nitrogen and oxygen atoms in total. The zero-order chi connectivity index (χ0) is 19.6. The summed E-state index contributed by atoms with van der Waals surface area (Å²) in [5.74, 6) is 1.31. The molecule has 2 aliphatic heterocycles. The molecule has 0 saturated carbocycles. The van der Waals surface area contributed by atoms with Crippen molar-refractivity contribution in [3.8, 4) is 0 Å². The largest absolute Gasteiger partial charge is 0.339 e. The van der Waals surface area contributed by atoms with Crippen molar-refractivity contribution in [2.75, 3.05) is 45.8 Å². The molecule has 0 radical (unpaired) electrons. The van der Waals surface area contributed by atoms with Gasteiger partial charge in [0.1, 0.15) is 4.90 Å². The van der Waals surface area contributed by atoms with Crippen LogP contribution in [0.25, 0.3) is 0 Å². The van der Waals surface area contributed by atoms with Crippen LogP contribution in [0.3, 0.4) is 0 Å². The number of piperidine rings is 1. The smallest absolute Gasteiger partial charge is 0.244 e. The Morgan fingerprint density at radius 1 is 1.07 bits per heavy atom. The first-order chi connectivity index (χ1) is 12.8. The average Bonchev–Trinajstić information content (AvgIpc) is 2.61. The minimum atomic E-state index is -3.63. The van der Waals surface area contributed by atoms with Gasteiger partial charge in [-0.05, 0) is 30.4 Å². The van der Waals surface area contributed by atoms with Gasteiger partial charge in [0.2, 0.25) is 15.9 Å². The lowest BCUT2D eigenvalue weighted by molar-refractivity contribution is -0.134. The zero-order valence-electron chi connectivity index (χ0n) is 16.0. The molecule has 150 valence electrons.